The Labute approximate surface area is 191 Å². The molecule has 0 atom stereocenters. The van der Waals surface area contributed by atoms with E-state index in [0.717, 1.165) is 26.2 Å². The van der Waals surface area contributed by atoms with Crippen molar-refractivity contribution in [1.29, 1.82) is 0 Å². The number of anilines is 1. The summed E-state index contributed by atoms with van der Waals surface area (Å²) in [5.74, 6) is 3.27. The fraction of sp³-hybridized carbons (Fsp3) is 0.526. The van der Waals surface area contributed by atoms with Crippen molar-refractivity contribution in [2.45, 2.75) is 26.2 Å². The molecule has 3 rings (SSSR count). The van der Waals surface area contributed by atoms with Crippen molar-refractivity contribution in [3.05, 3.63) is 16.2 Å². The van der Waals surface area contributed by atoms with Crippen molar-refractivity contribution in [1.82, 2.24) is 29.7 Å². The molecular formula is C19H24F3N7O5. The highest BCUT2D eigenvalue weighted by Gasteiger charge is 2.38. The Balaban J connectivity index is 0.000000509. The SMILES string of the molecule is CC#CCn1c(N2CCNCC2)nc2nc(CNCC(=O)O)n(C)c(=O)c21.O=C(O)C(F)(F)F. The molecule has 0 amide bonds. The molecule has 12 nitrogen and oxygen atoms in total. The number of hydrogen-bond donors (Lipinski definition) is 4. The number of halogens is 3. The molecule has 1 fully saturated rings. The predicted molar refractivity (Wildman–Crippen MR) is 114 cm³/mol. The van der Waals surface area contributed by atoms with Crippen LogP contribution in [-0.4, -0.2) is 80.2 Å². The second-order valence-electron chi connectivity index (χ2n) is 7.03. The maximum atomic E-state index is 13.0. The van der Waals surface area contributed by atoms with Gasteiger partial charge in [0.1, 0.15) is 5.82 Å². The average Bonchev–Trinajstić information content (AvgIpc) is 3.14. The van der Waals surface area contributed by atoms with Crippen molar-refractivity contribution in [2.75, 3.05) is 37.6 Å². The molecule has 1 aliphatic heterocycles. The van der Waals surface area contributed by atoms with Gasteiger partial charge >= 0.3 is 18.1 Å². The van der Waals surface area contributed by atoms with Gasteiger partial charge in [-0.1, -0.05) is 5.92 Å². The van der Waals surface area contributed by atoms with Gasteiger partial charge in [0.05, 0.1) is 19.6 Å². The number of aliphatic carboxylic acids is 2. The van der Waals surface area contributed by atoms with Gasteiger partial charge in [-0.15, -0.1) is 5.92 Å². The van der Waals surface area contributed by atoms with E-state index in [2.05, 4.69) is 37.3 Å². The third-order valence-electron chi connectivity index (χ3n) is 4.67. The van der Waals surface area contributed by atoms with Gasteiger partial charge in [-0.05, 0) is 6.92 Å². The second-order valence-corrected chi connectivity index (χ2v) is 7.03. The van der Waals surface area contributed by atoms with Crippen molar-refractivity contribution >= 4 is 29.1 Å². The molecule has 2 aromatic rings. The monoisotopic (exact) mass is 487 g/mol. The first-order valence-electron chi connectivity index (χ1n) is 10.0. The maximum absolute atomic E-state index is 13.0. The lowest BCUT2D eigenvalue weighted by Crippen LogP contribution is -2.44. The number of carboxylic acids is 2. The van der Waals surface area contributed by atoms with Crippen LogP contribution >= 0.6 is 0 Å². The van der Waals surface area contributed by atoms with Gasteiger partial charge in [0, 0.05) is 33.2 Å². The molecule has 0 saturated carbocycles. The van der Waals surface area contributed by atoms with Gasteiger partial charge in [0.25, 0.3) is 5.56 Å². The van der Waals surface area contributed by atoms with Crippen LogP contribution in [0.3, 0.4) is 0 Å². The Bertz CT molecular complexity index is 1160. The van der Waals surface area contributed by atoms with E-state index in [1.165, 1.54) is 4.57 Å². The van der Waals surface area contributed by atoms with E-state index < -0.39 is 18.1 Å². The normalized spacial score (nSPS) is 13.6. The van der Waals surface area contributed by atoms with Crippen LogP contribution in [0.1, 0.15) is 12.7 Å². The Hall–Kier alpha value is -3.64. The smallest absolute Gasteiger partial charge is 0.480 e. The number of nitrogens with zero attached hydrogens (tertiary/aromatic N) is 5. The molecule has 0 aromatic carbocycles. The number of carbonyl (C=O) groups is 2. The highest BCUT2D eigenvalue weighted by Crippen LogP contribution is 2.20. The summed E-state index contributed by atoms with van der Waals surface area (Å²) in [6.45, 7) is 5.34. The minimum atomic E-state index is -5.08. The number of nitrogens with one attached hydrogen (secondary N) is 2. The summed E-state index contributed by atoms with van der Waals surface area (Å²) < 4.78 is 35.0. The van der Waals surface area contributed by atoms with Gasteiger partial charge in [0.2, 0.25) is 5.95 Å². The molecule has 0 unspecified atom stereocenters. The Morgan fingerprint density at radius 3 is 2.35 bits per heavy atom. The van der Waals surface area contributed by atoms with E-state index in [4.69, 9.17) is 15.0 Å². The largest absolute Gasteiger partial charge is 0.490 e. The number of carboxylic acid groups (broad SMARTS) is 2. The number of rotatable bonds is 6. The summed E-state index contributed by atoms with van der Waals surface area (Å²) in [5, 5.41) is 21.9. The standard InChI is InChI=1S/C17H23N7O3.C2HF3O2/c1-3-4-7-24-14-15(21-17(24)23-8-5-18-6-9-23)20-12(22(2)16(14)27)10-19-11-13(25)26;3-2(4,5)1(6)7/h18-19H,5-11H2,1-2H3,(H,25,26);(H,6,7). The highest BCUT2D eigenvalue weighted by atomic mass is 19.4. The third-order valence-corrected chi connectivity index (χ3v) is 4.67. The lowest BCUT2D eigenvalue weighted by atomic mass is 10.4. The Morgan fingerprint density at radius 2 is 1.82 bits per heavy atom. The highest BCUT2D eigenvalue weighted by molar-refractivity contribution is 5.74. The summed E-state index contributed by atoms with van der Waals surface area (Å²) in [6, 6.07) is 0. The number of hydrogen-bond acceptors (Lipinski definition) is 8. The van der Waals surface area contributed by atoms with Crippen LogP contribution in [0.15, 0.2) is 4.79 Å². The minimum Gasteiger partial charge on any atom is -0.480 e. The molecule has 4 N–H and O–H groups in total. The van der Waals surface area contributed by atoms with Gasteiger partial charge in [-0.3, -0.25) is 24.0 Å². The van der Waals surface area contributed by atoms with E-state index in [9.17, 15) is 22.8 Å². The van der Waals surface area contributed by atoms with E-state index in [0.29, 0.717) is 29.5 Å². The molecule has 1 aliphatic rings. The average molecular weight is 487 g/mol. The molecular weight excluding hydrogens is 463 g/mol. The van der Waals surface area contributed by atoms with E-state index in [1.807, 2.05) is 4.57 Å². The zero-order valence-corrected chi connectivity index (χ0v) is 18.4. The number of piperazine rings is 1. The van der Waals surface area contributed by atoms with Crippen molar-refractivity contribution in [2.24, 2.45) is 7.05 Å². The van der Waals surface area contributed by atoms with Crippen LogP contribution in [0.2, 0.25) is 0 Å². The van der Waals surface area contributed by atoms with Crippen LogP contribution in [-0.2, 0) is 29.7 Å². The van der Waals surface area contributed by atoms with Gasteiger partial charge in [-0.25, -0.2) is 9.78 Å². The summed E-state index contributed by atoms with van der Waals surface area (Å²) in [5.41, 5.74) is 0.548. The van der Waals surface area contributed by atoms with E-state index in [1.54, 1.807) is 14.0 Å². The zero-order chi connectivity index (χ0) is 25.5. The summed E-state index contributed by atoms with van der Waals surface area (Å²) in [4.78, 5) is 43.8. The van der Waals surface area contributed by atoms with E-state index in [-0.39, 0.29) is 18.6 Å². The van der Waals surface area contributed by atoms with Crippen molar-refractivity contribution in [3.63, 3.8) is 0 Å². The van der Waals surface area contributed by atoms with Gasteiger partial charge in [-0.2, -0.15) is 18.2 Å². The van der Waals surface area contributed by atoms with Crippen molar-refractivity contribution in [3.8, 4) is 11.8 Å². The van der Waals surface area contributed by atoms with Crippen molar-refractivity contribution < 1.29 is 33.0 Å². The first kappa shape index (κ1) is 26.6. The summed E-state index contributed by atoms with van der Waals surface area (Å²) in [7, 11) is 1.62. The fourth-order valence-corrected chi connectivity index (χ4v) is 3.04. The zero-order valence-electron chi connectivity index (χ0n) is 18.4. The fourth-order valence-electron chi connectivity index (χ4n) is 3.04. The molecule has 0 aliphatic carbocycles. The lowest BCUT2D eigenvalue weighted by Gasteiger charge is -2.28. The summed E-state index contributed by atoms with van der Waals surface area (Å²) >= 11 is 0. The number of aromatic nitrogens is 4. The molecule has 2 aromatic heterocycles. The van der Waals surface area contributed by atoms with Crippen LogP contribution < -0.4 is 21.1 Å². The summed E-state index contributed by atoms with van der Waals surface area (Å²) in [6.07, 6.45) is -5.08. The first-order chi connectivity index (χ1) is 16.0. The number of fused-ring (bicyclic) bond motifs is 1. The molecule has 0 spiro atoms. The molecule has 3 heterocycles. The number of imidazole rings is 1. The maximum Gasteiger partial charge on any atom is 0.490 e. The van der Waals surface area contributed by atoms with Gasteiger partial charge in [0.15, 0.2) is 11.2 Å². The first-order valence-corrected chi connectivity index (χ1v) is 10.0. The molecule has 186 valence electrons. The predicted octanol–water partition coefficient (Wildman–Crippen LogP) is -0.630. The van der Waals surface area contributed by atoms with Crippen LogP contribution in [0.25, 0.3) is 11.2 Å². The Morgan fingerprint density at radius 1 is 1.21 bits per heavy atom. The molecule has 15 heteroatoms. The number of alkyl halides is 3. The van der Waals surface area contributed by atoms with Crippen LogP contribution in [0.4, 0.5) is 19.1 Å². The topological polar surface area (TPSA) is 155 Å². The van der Waals surface area contributed by atoms with E-state index >= 15 is 0 Å². The lowest BCUT2D eigenvalue weighted by molar-refractivity contribution is -0.192. The second kappa shape index (κ2) is 11.5. The minimum absolute atomic E-state index is 0.165. The van der Waals surface area contributed by atoms with Crippen LogP contribution in [0, 0.1) is 11.8 Å². The third kappa shape index (κ3) is 6.68. The van der Waals surface area contributed by atoms with Crippen LogP contribution in [0.5, 0.6) is 0 Å². The molecule has 0 bridgehead atoms. The quantitative estimate of drug-likeness (QED) is 0.387. The molecule has 34 heavy (non-hydrogen) atoms. The molecule has 1 saturated heterocycles. The Kier molecular flexibility index (Phi) is 8.98. The molecule has 0 radical (unpaired) electrons. The van der Waals surface area contributed by atoms with Gasteiger partial charge < -0.3 is 20.4 Å².